The molecule has 0 bridgehead atoms. The second kappa shape index (κ2) is 4.64. The molecule has 1 aromatic carbocycles. The van der Waals surface area contributed by atoms with Gasteiger partial charge in [-0.15, -0.1) is 5.10 Å². The standard InChI is InChI=1S/C9H4Cl3N3O3/c10-4-1-5(11)8(6(12)2-4)14-3-7(15(17)18)9(16)13-14/h1-3H,(H,13,16). The fourth-order valence-corrected chi connectivity index (χ4v) is 2.34. The average molecular weight is 309 g/mol. The number of hydrogen-bond donors (Lipinski definition) is 1. The molecule has 0 aliphatic rings. The monoisotopic (exact) mass is 307 g/mol. The molecule has 0 radical (unpaired) electrons. The number of halogens is 3. The second-order valence-corrected chi connectivity index (χ2v) is 4.51. The minimum atomic E-state index is -0.767. The summed E-state index contributed by atoms with van der Waals surface area (Å²) in [6.07, 6.45) is 1.01. The fourth-order valence-electron chi connectivity index (χ4n) is 1.35. The van der Waals surface area contributed by atoms with Gasteiger partial charge in [0.1, 0.15) is 11.9 Å². The third-order valence-corrected chi connectivity index (χ3v) is 2.88. The zero-order valence-electron chi connectivity index (χ0n) is 8.47. The molecule has 0 aliphatic heterocycles. The Morgan fingerprint density at radius 2 is 1.83 bits per heavy atom. The summed E-state index contributed by atoms with van der Waals surface area (Å²) in [7, 11) is 0. The van der Waals surface area contributed by atoms with E-state index >= 15 is 0 Å². The Morgan fingerprint density at radius 3 is 2.28 bits per heavy atom. The normalized spacial score (nSPS) is 10.6. The van der Waals surface area contributed by atoms with Crippen molar-refractivity contribution in [2.75, 3.05) is 0 Å². The van der Waals surface area contributed by atoms with Gasteiger partial charge >= 0.3 is 11.6 Å². The van der Waals surface area contributed by atoms with E-state index in [1.165, 1.54) is 12.1 Å². The smallest absolute Gasteiger partial charge is 0.350 e. The van der Waals surface area contributed by atoms with Crippen molar-refractivity contribution in [3.8, 4) is 11.6 Å². The molecule has 0 atom stereocenters. The van der Waals surface area contributed by atoms with Gasteiger partial charge < -0.3 is 5.11 Å². The largest absolute Gasteiger partial charge is 0.487 e. The number of nitro groups is 1. The quantitative estimate of drug-likeness (QED) is 0.680. The van der Waals surface area contributed by atoms with Crippen molar-refractivity contribution in [2.45, 2.75) is 0 Å². The van der Waals surface area contributed by atoms with Crippen molar-refractivity contribution in [1.29, 1.82) is 0 Å². The Kier molecular flexibility index (Phi) is 3.34. The molecular formula is C9H4Cl3N3O3. The zero-order chi connectivity index (χ0) is 13.4. The second-order valence-electron chi connectivity index (χ2n) is 3.26. The van der Waals surface area contributed by atoms with Crippen LogP contribution in [0.25, 0.3) is 5.69 Å². The minimum Gasteiger partial charge on any atom is -0.487 e. The first-order valence-electron chi connectivity index (χ1n) is 4.48. The van der Waals surface area contributed by atoms with Gasteiger partial charge in [-0.3, -0.25) is 10.1 Å². The van der Waals surface area contributed by atoms with Crippen molar-refractivity contribution in [1.82, 2.24) is 9.78 Å². The van der Waals surface area contributed by atoms with Gasteiger partial charge in [-0.25, -0.2) is 4.68 Å². The van der Waals surface area contributed by atoms with Crippen molar-refractivity contribution in [3.63, 3.8) is 0 Å². The Morgan fingerprint density at radius 1 is 1.28 bits per heavy atom. The Balaban J connectivity index is 2.63. The lowest BCUT2D eigenvalue weighted by molar-refractivity contribution is -0.385. The SMILES string of the molecule is O=[N+]([O-])c1cn(-c2c(Cl)cc(Cl)cc2Cl)nc1O. The molecule has 0 saturated carbocycles. The van der Waals surface area contributed by atoms with Gasteiger partial charge in [0.25, 0.3) is 0 Å². The highest BCUT2D eigenvalue weighted by molar-refractivity contribution is 6.40. The fraction of sp³-hybridized carbons (Fsp3) is 0. The molecule has 6 nitrogen and oxygen atoms in total. The van der Waals surface area contributed by atoms with E-state index in [4.69, 9.17) is 34.8 Å². The third kappa shape index (κ3) is 2.22. The number of rotatable bonds is 2. The average Bonchev–Trinajstić information content (AvgIpc) is 2.58. The molecule has 0 spiro atoms. The number of aromatic hydroxyl groups is 1. The molecular weight excluding hydrogens is 304 g/mol. The summed E-state index contributed by atoms with van der Waals surface area (Å²) >= 11 is 17.6. The maximum Gasteiger partial charge on any atom is 0.350 e. The van der Waals surface area contributed by atoms with Gasteiger partial charge in [-0.05, 0) is 12.1 Å². The van der Waals surface area contributed by atoms with Gasteiger partial charge in [0.15, 0.2) is 0 Å². The molecule has 0 fully saturated rings. The summed E-state index contributed by atoms with van der Waals surface area (Å²) in [5.74, 6) is -0.720. The summed E-state index contributed by atoms with van der Waals surface area (Å²) < 4.78 is 1.02. The van der Waals surface area contributed by atoms with Gasteiger partial charge in [-0.2, -0.15) is 0 Å². The third-order valence-electron chi connectivity index (χ3n) is 2.08. The van der Waals surface area contributed by atoms with Crippen LogP contribution in [0.5, 0.6) is 5.88 Å². The zero-order valence-corrected chi connectivity index (χ0v) is 10.7. The summed E-state index contributed by atoms with van der Waals surface area (Å²) in [6, 6.07) is 2.82. The van der Waals surface area contributed by atoms with Crippen LogP contribution in [-0.4, -0.2) is 19.8 Å². The van der Waals surface area contributed by atoms with E-state index in [1.807, 2.05) is 0 Å². The van der Waals surface area contributed by atoms with Gasteiger partial charge in [-0.1, -0.05) is 34.8 Å². The summed E-state index contributed by atoms with van der Waals surface area (Å²) in [4.78, 5) is 9.83. The van der Waals surface area contributed by atoms with Gasteiger partial charge in [0, 0.05) is 5.02 Å². The highest BCUT2D eigenvalue weighted by atomic mass is 35.5. The minimum absolute atomic E-state index is 0.157. The van der Waals surface area contributed by atoms with Crippen LogP contribution in [0.3, 0.4) is 0 Å². The Bertz CT molecular complexity index is 618. The molecule has 2 rings (SSSR count). The summed E-state index contributed by atoms with van der Waals surface area (Å²) in [5, 5.41) is 24.1. The highest BCUT2D eigenvalue weighted by Gasteiger charge is 2.21. The first-order chi connectivity index (χ1) is 8.40. The van der Waals surface area contributed by atoms with Crippen LogP contribution in [0.1, 0.15) is 0 Å². The van der Waals surface area contributed by atoms with Crippen LogP contribution in [0.4, 0.5) is 5.69 Å². The van der Waals surface area contributed by atoms with Crippen LogP contribution >= 0.6 is 34.8 Å². The number of hydrogen-bond acceptors (Lipinski definition) is 4. The summed E-state index contributed by atoms with van der Waals surface area (Å²) in [6.45, 7) is 0. The predicted molar refractivity (Wildman–Crippen MR) is 66.9 cm³/mol. The van der Waals surface area contributed by atoms with E-state index in [9.17, 15) is 15.2 Å². The molecule has 1 heterocycles. The molecule has 94 valence electrons. The van der Waals surface area contributed by atoms with Crippen LogP contribution < -0.4 is 0 Å². The predicted octanol–water partition coefficient (Wildman–Crippen LogP) is 3.45. The van der Waals surface area contributed by atoms with Crippen molar-refractivity contribution in [2.24, 2.45) is 0 Å². The molecule has 1 aromatic heterocycles. The lowest BCUT2D eigenvalue weighted by atomic mass is 10.3. The van der Waals surface area contributed by atoms with Crippen LogP contribution in [-0.2, 0) is 0 Å². The highest BCUT2D eigenvalue weighted by Crippen LogP contribution is 2.34. The van der Waals surface area contributed by atoms with Gasteiger partial charge in [0.2, 0.25) is 0 Å². The first-order valence-corrected chi connectivity index (χ1v) is 5.61. The van der Waals surface area contributed by atoms with Gasteiger partial charge in [0.05, 0.1) is 15.0 Å². The van der Waals surface area contributed by atoms with E-state index in [0.29, 0.717) is 5.02 Å². The van der Waals surface area contributed by atoms with Crippen molar-refractivity contribution >= 4 is 40.5 Å². The lowest BCUT2D eigenvalue weighted by Crippen LogP contribution is -1.96. The molecule has 0 amide bonds. The first kappa shape index (κ1) is 12.9. The molecule has 0 saturated heterocycles. The van der Waals surface area contributed by atoms with E-state index in [2.05, 4.69) is 5.10 Å². The lowest BCUT2D eigenvalue weighted by Gasteiger charge is -2.06. The van der Waals surface area contributed by atoms with Crippen LogP contribution in [0, 0.1) is 10.1 Å². The van der Waals surface area contributed by atoms with E-state index in [1.54, 1.807) is 0 Å². The molecule has 2 aromatic rings. The van der Waals surface area contributed by atoms with Crippen LogP contribution in [0.2, 0.25) is 15.1 Å². The van der Waals surface area contributed by atoms with E-state index in [-0.39, 0.29) is 15.7 Å². The Labute approximate surface area is 115 Å². The topological polar surface area (TPSA) is 81.2 Å². The summed E-state index contributed by atoms with van der Waals surface area (Å²) in [5.41, 5.74) is -0.344. The number of nitrogens with zero attached hydrogens (tertiary/aromatic N) is 3. The molecule has 0 unspecified atom stereocenters. The Hall–Kier alpha value is -1.50. The molecule has 9 heteroatoms. The number of benzene rings is 1. The van der Waals surface area contributed by atoms with E-state index < -0.39 is 16.5 Å². The molecule has 18 heavy (non-hydrogen) atoms. The van der Waals surface area contributed by atoms with Crippen LogP contribution in [0.15, 0.2) is 18.3 Å². The molecule has 0 aliphatic carbocycles. The maximum absolute atomic E-state index is 10.6. The van der Waals surface area contributed by atoms with Crippen molar-refractivity contribution < 1.29 is 10.0 Å². The maximum atomic E-state index is 10.6. The van der Waals surface area contributed by atoms with E-state index in [0.717, 1.165) is 10.9 Å². The van der Waals surface area contributed by atoms with Crippen molar-refractivity contribution in [3.05, 3.63) is 43.5 Å². The number of aromatic nitrogens is 2. The molecule has 1 N–H and O–H groups in total.